The highest BCUT2D eigenvalue weighted by Gasteiger charge is 2.35. The van der Waals surface area contributed by atoms with Crippen LogP contribution in [0.1, 0.15) is 24.6 Å². The van der Waals surface area contributed by atoms with E-state index in [1.165, 1.54) is 0 Å². The number of aromatic amines is 1. The van der Waals surface area contributed by atoms with Crippen LogP contribution in [0.4, 0.5) is 0 Å². The van der Waals surface area contributed by atoms with E-state index in [-0.39, 0.29) is 5.92 Å². The average molecular weight is 367 g/mol. The van der Waals surface area contributed by atoms with Crippen molar-refractivity contribution in [3.05, 3.63) is 24.3 Å². The number of carbonyl (C=O) groups excluding carboxylic acids is 1. The Morgan fingerprint density at radius 1 is 1.37 bits per heavy atom. The third-order valence-corrected chi connectivity index (χ3v) is 4.91. The number of H-pyrrole nitrogens is 1. The Hall–Kier alpha value is -1.51. The van der Waals surface area contributed by atoms with Crippen molar-refractivity contribution in [2.24, 2.45) is 0 Å². The van der Waals surface area contributed by atoms with Gasteiger partial charge in [-0.15, -0.1) is 10.2 Å². The molecule has 1 N–H and O–H groups in total. The second-order valence-electron chi connectivity index (χ2n) is 4.79. The summed E-state index contributed by atoms with van der Waals surface area (Å²) in [6.07, 6.45) is 4.74. The number of nitrogens with zero attached hydrogens (tertiary/aromatic N) is 4. The van der Waals surface area contributed by atoms with E-state index < -0.39 is 0 Å². The van der Waals surface area contributed by atoms with E-state index in [1.54, 1.807) is 6.20 Å². The lowest BCUT2D eigenvalue weighted by Gasteiger charge is -2.11. The Labute approximate surface area is 121 Å². The number of hydrogen-bond donors (Lipinski definition) is 1. The summed E-state index contributed by atoms with van der Waals surface area (Å²) in [5, 5.41) is 8.47. The Bertz CT molecular complexity index is 792. The van der Waals surface area contributed by atoms with E-state index in [9.17, 15) is 4.79 Å². The van der Waals surface area contributed by atoms with E-state index in [0.717, 1.165) is 22.6 Å². The Morgan fingerprint density at radius 2 is 2.26 bits per heavy atom. The van der Waals surface area contributed by atoms with Gasteiger partial charge in [0.2, 0.25) is 0 Å². The van der Waals surface area contributed by atoms with Gasteiger partial charge in [-0.1, -0.05) is 22.6 Å². The van der Waals surface area contributed by atoms with Crippen LogP contribution in [-0.4, -0.2) is 34.3 Å². The average Bonchev–Trinajstić information content (AvgIpc) is 3.05. The molecular weight excluding hydrogens is 357 g/mol. The predicted octanol–water partition coefficient (Wildman–Crippen LogP) is 1.86. The molecule has 0 aromatic carbocycles. The van der Waals surface area contributed by atoms with Crippen LogP contribution >= 0.6 is 22.6 Å². The molecule has 1 aliphatic rings. The lowest BCUT2D eigenvalue weighted by atomic mass is 10.1. The molecule has 2 atom stereocenters. The number of aromatic nitrogens is 5. The largest absolute Gasteiger partial charge is 0.345 e. The lowest BCUT2D eigenvalue weighted by molar-refractivity contribution is -0.117. The molecule has 1 fully saturated rings. The Kier molecular flexibility index (Phi) is 2.38. The number of fused-ring (bicyclic) bond motifs is 3. The zero-order valence-corrected chi connectivity index (χ0v) is 12.0. The first-order valence-electron chi connectivity index (χ1n) is 6.07. The lowest BCUT2D eigenvalue weighted by Crippen LogP contribution is -2.09. The van der Waals surface area contributed by atoms with Gasteiger partial charge in [0.25, 0.3) is 0 Å². The Balaban J connectivity index is 1.99. The highest BCUT2D eigenvalue weighted by molar-refractivity contribution is 14.1. The van der Waals surface area contributed by atoms with Gasteiger partial charge >= 0.3 is 0 Å². The molecule has 0 amide bonds. The van der Waals surface area contributed by atoms with Crippen LogP contribution in [0.15, 0.2) is 18.5 Å². The van der Waals surface area contributed by atoms with Crippen LogP contribution in [0.3, 0.4) is 0 Å². The van der Waals surface area contributed by atoms with Gasteiger partial charge in [-0.3, -0.25) is 9.20 Å². The zero-order chi connectivity index (χ0) is 13.0. The first-order chi connectivity index (χ1) is 9.24. The molecule has 6 nitrogen and oxygen atoms in total. The quantitative estimate of drug-likeness (QED) is 0.526. The Morgan fingerprint density at radius 3 is 3.05 bits per heavy atom. The van der Waals surface area contributed by atoms with Crippen LogP contribution in [0.5, 0.6) is 0 Å². The van der Waals surface area contributed by atoms with Gasteiger partial charge in [0.05, 0.1) is 11.7 Å². The van der Waals surface area contributed by atoms with E-state index in [2.05, 4.69) is 42.8 Å². The molecule has 0 bridgehead atoms. The predicted molar refractivity (Wildman–Crippen MR) is 77.4 cm³/mol. The summed E-state index contributed by atoms with van der Waals surface area (Å²) in [5.41, 5.74) is 2.49. The number of hydrogen-bond acceptors (Lipinski definition) is 4. The number of halogens is 1. The van der Waals surface area contributed by atoms with E-state index >= 15 is 0 Å². The number of ketones is 1. The molecule has 4 rings (SSSR count). The maximum Gasteiger partial charge on any atom is 0.179 e. The van der Waals surface area contributed by atoms with Gasteiger partial charge < -0.3 is 4.98 Å². The molecule has 96 valence electrons. The maximum atomic E-state index is 11.6. The summed E-state index contributed by atoms with van der Waals surface area (Å²) in [4.78, 5) is 19.0. The number of carbonyl (C=O) groups is 1. The molecular formula is C12H10IN5O. The van der Waals surface area contributed by atoms with Crippen LogP contribution < -0.4 is 0 Å². The summed E-state index contributed by atoms with van der Waals surface area (Å²) < 4.78 is 2.30. The minimum Gasteiger partial charge on any atom is -0.345 e. The number of rotatable bonds is 1. The van der Waals surface area contributed by atoms with Crippen molar-refractivity contribution in [2.45, 2.75) is 22.7 Å². The van der Waals surface area contributed by atoms with Crippen molar-refractivity contribution in [3.63, 3.8) is 0 Å². The van der Waals surface area contributed by atoms with Crippen LogP contribution in [0.25, 0.3) is 16.8 Å². The standard InChI is InChI=1S/C12H10IN5O/c13-8-4-6(19)3-7(8)12-17-16-10-5-15-11-9(18(10)12)1-2-14-11/h1-2,5,7-8,14H,3-4H2/t7-,8+/m0/s1. The van der Waals surface area contributed by atoms with E-state index in [0.29, 0.717) is 22.5 Å². The molecule has 0 aliphatic heterocycles. The molecule has 1 aliphatic carbocycles. The molecule has 3 aromatic rings. The van der Waals surface area contributed by atoms with Crippen LogP contribution in [0.2, 0.25) is 0 Å². The van der Waals surface area contributed by atoms with Gasteiger partial charge in [0.15, 0.2) is 11.3 Å². The normalized spacial score (nSPS) is 23.7. The first-order valence-corrected chi connectivity index (χ1v) is 7.31. The van der Waals surface area contributed by atoms with Gasteiger partial charge in [0.1, 0.15) is 11.6 Å². The molecule has 3 heterocycles. The second kappa shape index (κ2) is 3.99. The highest BCUT2D eigenvalue weighted by atomic mass is 127. The molecule has 0 radical (unpaired) electrons. The van der Waals surface area contributed by atoms with Gasteiger partial charge in [-0.05, 0) is 6.07 Å². The molecule has 3 aromatic heterocycles. The summed E-state index contributed by atoms with van der Waals surface area (Å²) in [6, 6.07) is 1.96. The van der Waals surface area contributed by atoms with Crippen molar-refractivity contribution in [1.82, 2.24) is 24.6 Å². The first kappa shape index (κ1) is 11.3. The smallest absolute Gasteiger partial charge is 0.179 e. The highest BCUT2D eigenvalue weighted by Crippen LogP contribution is 2.37. The van der Waals surface area contributed by atoms with Gasteiger partial charge in [0, 0.05) is 28.9 Å². The van der Waals surface area contributed by atoms with Crippen LogP contribution in [0, 0.1) is 0 Å². The molecule has 0 spiro atoms. The number of Topliss-reactive ketones (excluding diaryl/α,β-unsaturated/α-hetero) is 1. The molecule has 0 saturated heterocycles. The van der Waals surface area contributed by atoms with Crippen molar-refractivity contribution < 1.29 is 4.79 Å². The van der Waals surface area contributed by atoms with E-state index in [1.807, 2.05) is 16.7 Å². The summed E-state index contributed by atoms with van der Waals surface area (Å²) in [6.45, 7) is 0. The van der Waals surface area contributed by atoms with E-state index in [4.69, 9.17) is 0 Å². The molecule has 1 saturated carbocycles. The third-order valence-electron chi connectivity index (χ3n) is 3.61. The molecule has 0 unspecified atom stereocenters. The van der Waals surface area contributed by atoms with Crippen molar-refractivity contribution >= 4 is 45.2 Å². The summed E-state index contributed by atoms with van der Waals surface area (Å²) in [5.74, 6) is 1.32. The number of alkyl halides is 1. The fraction of sp³-hybridized carbons (Fsp3) is 0.333. The van der Waals surface area contributed by atoms with Crippen molar-refractivity contribution in [1.29, 1.82) is 0 Å². The minimum absolute atomic E-state index is 0.142. The summed E-state index contributed by atoms with van der Waals surface area (Å²) >= 11 is 2.34. The fourth-order valence-corrected chi connectivity index (χ4v) is 3.77. The third kappa shape index (κ3) is 1.60. The second-order valence-corrected chi connectivity index (χ2v) is 6.39. The SMILES string of the molecule is O=C1C[C@@H](I)[C@@H](c2nnc3cnc4[nH]ccc4n23)C1. The fourth-order valence-electron chi connectivity index (χ4n) is 2.71. The van der Waals surface area contributed by atoms with Crippen LogP contribution in [-0.2, 0) is 4.79 Å². The monoisotopic (exact) mass is 367 g/mol. The zero-order valence-electron chi connectivity index (χ0n) is 9.88. The van der Waals surface area contributed by atoms with Gasteiger partial charge in [-0.25, -0.2) is 4.98 Å². The maximum absolute atomic E-state index is 11.6. The molecule has 7 heteroatoms. The topological polar surface area (TPSA) is 75.9 Å². The minimum atomic E-state index is 0.142. The van der Waals surface area contributed by atoms with Gasteiger partial charge in [-0.2, -0.15) is 0 Å². The molecule has 19 heavy (non-hydrogen) atoms. The number of nitrogens with one attached hydrogen (secondary N) is 1. The summed E-state index contributed by atoms with van der Waals surface area (Å²) in [7, 11) is 0. The van der Waals surface area contributed by atoms with Crippen molar-refractivity contribution in [2.75, 3.05) is 0 Å². The van der Waals surface area contributed by atoms with Crippen molar-refractivity contribution in [3.8, 4) is 0 Å².